The third-order valence-corrected chi connectivity index (χ3v) is 2.56. The molecule has 1 aromatic heterocycles. The molecule has 0 aromatic carbocycles. The van der Waals surface area contributed by atoms with Crippen LogP contribution in [0.25, 0.3) is 0 Å². The van der Waals surface area contributed by atoms with Crippen molar-refractivity contribution in [2.75, 3.05) is 23.7 Å². The summed E-state index contributed by atoms with van der Waals surface area (Å²) in [6.45, 7) is 1.49. The number of nitrogen functional groups attached to an aromatic ring is 1. The van der Waals surface area contributed by atoms with Crippen molar-refractivity contribution >= 4 is 11.5 Å². The van der Waals surface area contributed by atoms with Crippen LogP contribution in [-0.4, -0.2) is 24.0 Å². The lowest BCUT2D eigenvalue weighted by Gasteiger charge is -2.39. The summed E-state index contributed by atoms with van der Waals surface area (Å²) in [5.74, 6) is -1.97. The normalized spacial score (nSPS) is 18.7. The number of aryl methyl sites for hydroxylation is 1. The van der Waals surface area contributed by atoms with Gasteiger partial charge < -0.3 is 10.6 Å². The topological polar surface area (TPSA) is 42.2 Å². The van der Waals surface area contributed by atoms with Gasteiger partial charge in [0.2, 0.25) is 0 Å². The van der Waals surface area contributed by atoms with Crippen LogP contribution in [0.5, 0.6) is 0 Å². The molecule has 1 aliphatic rings. The lowest BCUT2D eigenvalue weighted by atomic mass is 10.1. The first-order valence-corrected chi connectivity index (χ1v) is 4.89. The molecule has 0 amide bonds. The highest BCUT2D eigenvalue weighted by molar-refractivity contribution is 5.54. The number of rotatable bonds is 2. The summed E-state index contributed by atoms with van der Waals surface area (Å²) in [6.07, 6.45) is 2.32. The SMILES string of the molecule is CCc1cc(N2CC(F)(F)C2)ncc1N. The lowest BCUT2D eigenvalue weighted by Crippen LogP contribution is -2.56. The van der Waals surface area contributed by atoms with Crippen molar-refractivity contribution in [2.45, 2.75) is 19.3 Å². The molecular formula is C10H13F2N3. The van der Waals surface area contributed by atoms with Gasteiger partial charge in [0.25, 0.3) is 5.92 Å². The number of hydrogen-bond donors (Lipinski definition) is 1. The average molecular weight is 213 g/mol. The fraction of sp³-hybridized carbons (Fsp3) is 0.500. The quantitative estimate of drug-likeness (QED) is 0.812. The van der Waals surface area contributed by atoms with Crippen LogP contribution in [0.15, 0.2) is 12.3 Å². The molecule has 0 aliphatic carbocycles. The fourth-order valence-electron chi connectivity index (χ4n) is 1.65. The summed E-state index contributed by atoms with van der Waals surface area (Å²) in [5.41, 5.74) is 7.26. The number of pyridine rings is 1. The van der Waals surface area contributed by atoms with Crippen LogP contribution in [0.2, 0.25) is 0 Å². The van der Waals surface area contributed by atoms with Crippen LogP contribution >= 0.6 is 0 Å². The van der Waals surface area contributed by atoms with Crippen molar-refractivity contribution in [1.82, 2.24) is 4.98 Å². The summed E-state index contributed by atoms with van der Waals surface area (Å²) in [4.78, 5) is 5.60. The van der Waals surface area contributed by atoms with Crippen LogP contribution in [0.1, 0.15) is 12.5 Å². The van der Waals surface area contributed by atoms with Gasteiger partial charge in [-0.05, 0) is 18.1 Å². The van der Waals surface area contributed by atoms with Crippen molar-refractivity contribution in [2.24, 2.45) is 0 Å². The Morgan fingerprint density at radius 3 is 2.73 bits per heavy atom. The number of nitrogens with two attached hydrogens (primary N) is 1. The number of aromatic nitrogens is 1. The van der Waals surface area contributed by atoms with Gasteiger partial charge in [-0.2, -0.15) is 0 Å². The Labute approximate surface area is 86.9 Å². The predicted molar refractivity (Wildman–Crippen MR) is 55.2 cm³/mol. The van der Waals surface area contributed by atoms with Crippen LogP contribution < -0.4 is 10.6 Å². The second kappa shape index (κ2) is 3.32. The molecule has 2 heterocycles. The van der Waals surface area contributed by atoms with Gasteiger partial charge in [-0.25, -0.2) is 13.8 Å². The zero-order chi connectivity index (χ0) is 11.1. The third kappa shape index (κ3) is 1.86. The molecule has 1 fully saturated rings. The monoisotopic (exact) mass is 213 g/mol. The molecule has 0 radical (unpaired) electrons. The molecule has 2 rings (SSSR count). The van der Waals surface area contributed by atoms with E-state index in [1.54, 1.807) is 11.0 Å². The minimum absolute atomic E-state index is 0.243. The highest BCUT2D eigenvalue weighted by Crippen LogP contribution is 2.31. The Morgan fingerprint density at radius 2 is 2.20 bits per heavy atom. The Hall–Kier alpha value is -1.39. The first-order valence-electron chi connectivity index (χ1n) is 4.89. The fourth-order valence-corrected chi connectivity index (χ4v) is 1.65. The number of anilines is 2. The first kappa shape index (κ1) is 10.1. The molecule has 1 aliphatic heterocycles. The van der Waals surface area contributed by atoms with Crippen molar-refractivity contribution in [3.05, 3.63) is 17.8 Å². The second-order valence-corrected chi connectivity index (χ2v) is 3.81. The van der Waals surface area contributed by atoms with E-state index >= 15 is 0 Å². The second-order valence-electron chi connectivity index (χ2n) is 3.81. The van der Waals surface area contributed by atoms with Crippen molar-refractivity contribution < 1.29 is 8.78 Å². The number of hydrogen-bond acceptors (Lipinski definition) is 3. The molecule has 0 saturated carbocycles. The molecule has 1 saturated heterocycles. The van der Waals surface area contributed by atoms with Gasteiger partial charge in [0.05, 0.1) is 25.0 Å². The molecule has 15 heavy (non-hydrogen) atoms. The van der Waals surface area contributed by atoms with E-state index in [1.807, 2.05) is 6.92 Å². The molecule has 82 valence electrons. The molecule has 3 nitrogen and oxygen atoms in total. The first-order chi connectivity index (χ1) is 7.02. The van der Waals surface area contributed by atoms with Gasteiger partial charge in [0.1, 0.15) is 5.82 Å². The number of halogens is 2. The lowest BCUT2D eigenvalue weighted by molar-refractivity contribution is -0.0267. The molecule has 0 unspecified atom stereocenters. The molecule has 5 heteroatoms. The van der Waals surface area contributed by atoms with Gasteiger partial charge in [-0.15, -0.1) is 0 Å². The zero-order valence-electron chi connectivity index (χ0n) is 8.50. The molecular weight excluding hydrogens is 200 g/mol. The van der Waals surface area contributed by atoms with E-state index in [1.165, 1.54) is 6.20 Å². The van der Waals surface area contributed by atoms with Gasteiger partial charge in [0, 0.05) is 0 Å². The standard InChI is InChI=1S/C10H13F2N3/c1-2-7-3-9(14-4-8(7)13)15-5-10(11,12)6-15/h3-4H,2,5-6,13H2,1H3. The van der Waals surface area contributed by atoms with E-state index in [0.717, 1.165) is 12.0 Å². The molecule has 0 spiro atoms. The van der Waals surface area contributed by atoms with E-state index in [2.05, 4.69) is 4.98 Å². The molecule has 2 N–H and O–H groups in total. The largest absolute Gasteiger partial charge is 0.397 e. The zero-order valence-corrected chi connectivity index (χ0v) is 8.50. The summed E-state index contributed by atoms with van der Waals surface area (Å²) >= 11 is 0. The van der Waals surface area contributed by atoms with Crippen LogP contribution in [0.4, 0.5) is 20.3 Å². The molecule has 0 atom stereocenters. The summed E-state index contributed by atoms with van der Waals surface area (Å²) in [6, 6.07) is 1.78. The van der Waals surface area contributed by atoms with Crippen LogP contribution in [0.3, 0.4) is 0 Å². The maximum absolute atomic E-state index is 12.6. The minimum atomic E-state index is -2.56. The summed E-state index contributed by atoms with van der Waals surface area (Å²) in [5, 5.41) is 0. The highest BCUT2D eigenvalue weighted by Gasteiger charge is 2.44. The Kier molecular flexibility index (Phi) is 2.25. The average Bonchev–Trinajstić information content (AvgIpc) is 2.15. The van der Waals surface area contributed by atoms with E-state index in [9.17, 15) is 8.78 Å². The maximum Gasteiger partial charge on any atom is 0.282 e. The summed E-state index contributed by atoms with van der Waals surface area (Å²) in [7, 11) is 0. The van der Waals surface area contributed by atoms with Crippen molar-refractivity contribution in [3.63, 3.8) is 0 Å². The van der Waals surface area contributed by atoms with Gasteiger partial charge in [-0.1, -0.05) is 6.92 Å². The number of nitrogens with zero attached hydrogens (tertiary/aromatic N) is 2. The van der Waals surface area contributed by atoms with E-state index in [-0.39, 0.29) is 13.1 Å². The summed E-state index contributed by atoms with van der Waals surface area (Å²) < 4.78 is 25.3. The predicted octanol–water partition coefficient (Wildman–Crippen LogP) is 1.68. The minimum Gasteiger partial charge on any atom is -0.397 e. The van der Waals surface area contributed by atoms with E-state index in [0.29, 0.717) is 11.5 Å². The van der Waals surface area contributed by atoms with Gasteiger partial charge >= 0.3 is 0 Å². The molecule has 0 bridgehead atoms. The van der Waals surface area contributed by atoms with Crippen molar-refractivity contribution in [3.8, 4) is 0 Å². The molecule has 1 aromatic rings. The third-order valence-electron chi connectivity index (χ3n) is 2.56. The van der Waals surface area contributed by atoms with Crippen LogP contribution in [-0.2, 0) is 6.42 Å². The number of alkyl halides is 2. The van der Waals surface area contributed by atoms with E-state index < -0.39 is 5.92 Å². The Morgan fingerprint density at radius 1 is 1.53 bits per heavy atom. The van der Waals surface area contributed by atoms with E-state index in [4.69, 9.17) is 5.73 Å². The maximum atomic E-state index is 12.6. The smallest absolute Gasteiger partial charge is 0.282 e. The highest BCUT2D eigenvalue weighted by atomic mass is 19.3. The van der Waals surface area contributed by atoms with Gasteiger partial charge in [0.15, 0.2) is 0 Å². The Bertz CT molecular complexity index is 371. The van der Waals surface area contributed by atoms with Crippen molar-refractivity contribution in [1.29, 1.82) is 0 Å². The van der Waals surface area contributed by atoms with Crippen LogP contribution in [0, 0.1) is 0 Å². The van der Waals surface area contributed by atoms with Gasteiger partial charge in [-0.3, -0.25) is 0 Å². The Balaban J connectivity index is 2.17.